The van der Waals surface area contributed by atoms with Crippen molar-refractivity contribution in [2.24, 2.45) is 10.8 Å². The predicted octanol–water partition coefficient (Wildman–Crippen LogP) is 9.05. The van der Waals surface area contributed by atoms with Crippen LogP contribution < -0.4 is 0 Å². The lowest BCUT2D eigenvalue weighted by Crippen LogP contribution is -2.19. The van der Waals surface area contributed by atoms with Crippen molar-refractivity contribution in [1.29, 1.82) is 0 Å². The lowest BCUT2D eigenvalue weighted by molar-refractivity contribution is 0.469. The Labute approximate surface area is 168 Å². The third-order valence-electron chi connectivity index (χ3n) is 2.29. The molecule has 0 saturated heterocycles. The lowest BCUT2D eigenvalue weighted by Gasteiger charge is -2.23. The Bertz CT molecular complexity index is 410. The molecule has 0 unspecified atom stereocenters. The van der Waals surface area contributed by atoms with Crippen molar-refractivity contribution < 1.29 is 1.43 Å². The van der Waals surface area contributed by atoms with Gasteiger partial charge in [-0.3, -0.25) is 4.98 Å². The molecule has 26 heavy (non-hydrogen) atoms. The average Bonchev–Trinajstić information content (AvgIpc) is 2.35. The van der Waals surface area contributed by atoms with Crippen molar-refractivity contribution in [3.05, 3.63) is 29.6 Å². The smallest absolute Gasteiger partial charge is 0.0460 e. The van der Waals surface area contributed by atoms with E-state index in [9.17, 15) is 0 Å². The molecule has 0 atom stereocenters. The fourth-order valence-corrected chi connectivity index (χ4v) is 1.27. The summed E-state index contributed by atoms with van der Waals surface area (Å²) in [5.74, 6) is 0. The van der Waals surface area contributed by atoms with Gasteiger partial charge in [-0.15, -0.1) is 0 Å². The molecule has 0 fully saturated rings. The van der Waals surface area contributed by atoms with Crippen LogP contribution in [0.25, 0.3) is 0 Å². The molecule has 0 N–H and O–H groups in total. The van der Waals surface area contributed by atoms with Crippen LogP contribution in [0.3, 0.4) is 0 Å². The van der Waals surface area contributed by atoms with Crippen LogP contribution in [-0.4, -0.2) is 4.98 Å². The van der Waals surface area contributed by atoms with Crippen LogP contribution in [0.4, 0.5) is 0 Å². The first-order valence-corrected chi connectivity index (χ1v) is 10.2. The second-order valence-corrected chi connectivity index (χ2v) is 11.9. The molecule has 0 saturated carbocycles. The SMILES string of the molecule is CC.CC(C)(C)C.CC(C)(C)C.CC(C)(C)c1cccc(C(C)(C)C)n1.[2HH]. The molecule has 1 aromatic rings. The largest absolute Gasteiger partial charge is 0.257 e. The van der Waals surface area contributed by atoms with E-state index in [-0.39, 0.29) is 12.3 Å². The Morgan fingerprint density at radius 1 is 0.538 bits per heavy atom. The summed E-state index contributed by atoms with van der Waals surface area (Å²) in [4.78, 5) is 4.72. The van der Waals surface area contributed by atoms with Crippen LogP contribution in [-0.2, 0) is 10.8 Å². The molecule has 1 heterocycles. The number of pyridine rings is 1. The summed E-state index contributed by atoms with van der Waals surface area (Å²) in [5.41, 5.74) is 3.62. The van der Waals surface area contributed by atoms with Gasteiger partial charge in [0, 0.05) is 23.6 Å². The van der Waals surface area contributed by atoms with Gasteiger partial charge < -0.3 is 0 Å². The highest BCUT2D eigenvalue weighted by Gasteiger charge is 2.20. The van der Waals surface area contributed by atoms with Crippen molar-refractivity contribution >= 4 is 0 Å². The minimum Gasteiger partial charge on any atom is -0.257 e. The fraction of sp³-hybridized carbons (Fsp3) is 0.800. The molecular weight excluding hydrogens is 314 g/mol. The van der Waals surface area contributed by atoms with Crippen LogP contribution in [0, 0.1) is 10.8 Å². The molecule has 0 aliphatic rings. The normalized spacial score (nSPS) is 11.8. The molecule has 0 aliphatic heterocycles. The maximum Gasteiger partial charge on any atom is 0.0460 e. The van der Waals surface area contributed by atoms with E-state index in [1.165, 1.54) is 11.4 Å². The van der Waals surface area contributed by atoms with Gasteiger partial charge in [-0.1, -0.05) is 117 Å². The van der Waals surface area contributed by atoms with E-state index in [0.717, 1.165) is 0 Å². The number of rotatable bonds is 0. The van der Waals surface area contributed by atoms with Gasteiger partial charge in [-0.05, 0) is 23.0 Å². The Kier molecular flexibility index (Phi) is 13.5. The molecule has 0 bridgehead atoms. The summed E-state index contributed by atoms with van der Waals surface area (Å²) in [6, 6.07) is 6.32. The van der Waals surface area contributed by atoms with Gasteiger partial charge in [0.25, 0.3) is 0 Å². The lowest BCUT2D eigenvalue weighted by atomic mass is 9.88. The minimum absolute atomic E-state index is 0. The zero-order chi connectivity index (χ0) is 22.0. The van der Waals surface area contributed by atoms with E-state index in [4.69, 9.17) is 4.98 Å². The predicted molar refractivity (Wildman–Crippen MR) is 125 cm³/mol. The second kappa shape index (κ2) is 11.8. The van der Waals surface area contributed by atoms with Crippen LogP contribution in [0.15, 0.2) is 18.2 Å². The summed E-state index contributed by atoms with van der Waals surface area (Å²) in [7, 11) is 0. The second-order valence-electron chi connectivity index (χ2n) is 11.9. The Balaban J connectivity index is -0.000000170. The standard InChI is InChI=1S/C13H21N.2C5H12.C2H6.H2/c1-12(2,3)10-8-7-9-11(14-10)13(4,5)6;2*1-5(2,3)4;1-2;/h7-9H,1-6H3;2*1-4H3;1-2H3;1H/i;;;;1+1. The molecule has 0 aromatic carbocycles. The van der Waals surface area contributed by atoms with E-state index in [0.29, 0.717) is 10.8 Å². The molecule has 1 aromatic heterocycles. The number of hydrogen-bond donors (Lipinski definition) is 0. The highest BCUT2D eigenvalue weighted by atomic mass is 14.7. The summed E-state index contributed by atoms with van der Waals surface area (Å²) in [6.45, 7) is 34.7. The number of nitrogens with zero attached hydrogens (tertiary/aromatic N) is 1. The van der Waals surface area contributed by atoms with E-state index >= 15 is 0 Å². The summed E-state index contributed by atoms with van der Waals surface area (Å²) >= 11 is 0. The third kappa shape index (κ3) is 25.4. The zero-order valence-corrected chi connectivity index (χ0v) is 21.2. The van der Waals surface area contributed by atoms with Crippen LogP contribution >= 0.6 is 0 Å². The number of aromatic nitrogens is 1. The summed E-state index contributed by atoms with van der Waals surface area (Å²) in [5, 5.41) is 0. The van der Waals surface area contributed by atoms with Gasteiger partial charge in [-0.2, -0.15) is 0 Å². The summed E-state index contributed by atoms with van der Waals surface area (Å²) in [6.07, 6.45) is 0. The van der Waals surface area contributed by atoms with Gasteiger partial charge in [-0.25, -0.2) is 0 Å². The fourth-order valence-electron chi connectivity index (χ4n) is 1.27. The number of hydrogen-bond acceptors (Lipinski definition) is 1. The molecular formula is C25H53N. The average molecular weight is 369 g/mol. The molecule has 0 spiro atoms. The first-order valence-electron chi connectivity index (χ1n) is 10.2. The van der Waals surface area contributed by atoms with E-state index in [1.54, 1.807) is 0 Å². The van der Waals surface area contributed by atoms with E-state index in [1.807, 2.05) is 13.8 Å². The minimum atomic E-state index is 0. The highest BCUT2D eigenvalue weighted by molar-refractivity contribution is 5.21. The van der Waals surface area contributed by atoms with Crippen molar-refractivity contribution in [3.8, 4) is 0 Å². The molecule has 1 rings (SSSR count). The van der Waals surface area contributed by atoms with Gasteiger partial charge in [0.2, 0.25) is 0 Å². The first-order chi connectivity index (χ1) is 11.2. The van der Waals surface area contributed by atoms with Crippen LogP contribution in [0.5, 0.6) is 0 Å². The van der Waals surface area contributed by atoms with Gasteiger partial charge >= 0.3 is 0 Å². The molecule has 1 nitrogen and oxygen atoms in total. The summed E-state index contributed by atoms with van der Waals surface area (Å²) < 4.78 is 0. The Morgan fingerprint density at radius 2 is 0.731 bits per heavy atom. The molecule has 0 amide bonds. The molecule has 0 radical (unpaired) electrons. The Hall–Kier alpha value is -0.850. The van der Waals surface area contributed by atoms with Crippen molar-refractivity contribution in [3.63, 3.8) is 0 Å². The first kappa shape index (κ1) is 29.9. The van der Waals surface area contributed by atoms with Crippen LogP contribution in [0.1, 0.15) is 124 Å². The van der Waals surface area contributed by atoms with Crippen molar-refractivity contribution in [2.45, 2.75) is 122 Å². The molecule has 158 valence electrons. The van der Waals surface area contributed by atoms with Gasteiger partial charge in [0.15, 0.2) is 0 Å². The van der Waals surface area contributed by atoms with Gasteiger partial charge in [0.1, 0.15) is 0 Å². The van der Waals surface area contributed by atoms with Gasteiger partial charge in [0.05, 0.1) is 0 Å². The molecule has 0 aliphatic carbocycles. The van der Waals surface area contributed by atoms with Crippen LogP contribution in [0.2, 0.25) is 0 Å². The quantitative estimate of drug-likeness (QED) is 0.445. The zero-order valence-electron chi connectivity index (χ0n) is 21.2. The van der Waals surface area contributed by atoms with E-state index < -0.39 is 0 Å². The molecule has 1 heteroatoms. The monoisotopic (exact) mass is 368 g/mol. The van der Waals surface area contributed by atoms with Crippen molar-refractivity contribution in [2.75, 3.05) is 0 Å². The third-order valence-corrected chi connectivity index (χ3v) is 2.29. The Morgan fingerprint density at radius 3 is 0.885 bits per heavy atom. The van der Waals surface area contributed by atoms with E-state index in [2.05, 4.69) is 115 Å². The topological polar surface area (TPSA) is 12.9 Å². The van der Waals surface area contributed by atoms with Crippen molar-refractivity contribution in [1.82, 2.24) is 4.98 Å². The maximum atomic E-state index is 4.72. The maximum absolute atomic E-state index is 4.72. The highest BCUT2D eigenvalue weighted by Crippen LogP contribution is 2.25.